The molecule has 0 radical (unpaired) electrons. The third-order valence-electron chi connectivity index (χ3n) is 4.25. The molecule has 19 nitrogen and oxygen atoms in total. The molecule has 6 unspecified atom stereocenters. The first-order chi connectivity index (χ1) is 15.0. The molecular formula is C11H14N5O14P3-4. The van der Waals surface area contributed by atoms with E-state index in [1.807, 2.05) is 0 Å². The summed E-state index contributed by atoms with van der Waals surface area (Å²) in [6, 6.07) is 0. The summed E-state index contributed by atoms with van der Waals surface area (Å²) in [4.78, 5) is 63.4. The van der Waals surface area contributed by atoms with E-state index in [-0.39, 0.29) is 17.1 Å². The molecule has 3 rings (SSSR count). The van der Waals surface area contributed by atoms with E-state index in [4.69, 9.17) is 10.5 Å². The van der Waals surface area contributed by atoms with Crippen LogP contribution in [0.4, 0.5) is 5.95 Å². The van der Waals surface area contributed by atoms with Crippen molar-refractivity contribution in [1.29, 1.82) is 0 Å². The van der Waals surface area contributed by atoms with E-state index in [2.05, 4.69) is 23.1 Å². The average molecular weight is 533 g/mol. The van der Waals surface area contributed by atoms with E-state index < -0.39 is 60.2 Å². The summed E-state index contributed by atoms with van der Waals surface area (Å²) in [5, 5.41) is 20.4. The number of anilines is 1. The SMILES string of the molecule is Cn1c(N)nc2c(ncn2C2OC(COP(=O)([O-])OP(=O)([O-])OP(=O)([O-])[O-])C(O)C2O)c1=O. The molecule has 1 aliphatic heterocycles. The molecule has 1 fully saturated rings. The summed E-state index contributed by atoms with van der Waals surface area (Å²) in [5.74, 6) is -0.212. The van der Waals surface area contributed by atoms with E-state index in [1.54, 1.807) is 0 Å². The highest BCUT2D eigenvalue weighted by Crippen LogP contribution is 2.60. The first kappa shape index (κ1) is 26.1. The lowest BCUT2D eigenvalue weighted by atomic mass is 10.1. The van der Waals surface area contributed by atoms with Gasteiger partial charge < -0.3 is 49.3 Å². The Morgan fingerprint density at radius 2 is 1.79 bits per heavy atom. The molecule has 2 aromatic rings. The molecule has 0 bridgehead atoms. The van der Waals surface area contributed by atoms with Crippen LogP contribution < -0.4 is 30.9 Å². The number of nitrogen functional groups attached to an aromatic ring is 1. The fourth-order valence-corrected chi connectivity index (χ4v) is 5.66. The average Bonchev–Trinajstić information content (AvgIpc) is 3.17. The monoisotopic (exact) mass is 533 g/mol. The van der Waals surface area contributed by atoms with Gasteiger partial charge in [0, 0.05) is 7.05 Å². The molecule has 6 atom stereocenters. The molecule has 0 amide bonds. The van der Waals surface area contributed by atoms with Crippen LogP contribution >= 0.6 is 23.5 Å². The van der Waals surface area contributed by atoms with E-state index >= 15 is 0 Å². The Hall–Kier alpha value is -1.56. The normalized spacial score (nSPS) is 27.5. The zero-order valence-corrected chi connectivity index (χ0v) is 18.8. The second-order valence-electron chi connectivity index (χ2n) is 6.51. The molecule has 0 saturated carbocycles. The van der Waals surface area contributed by atoms with Gasteiger partial charge in [0.2, 0.25) is 5.95 Å². The quantitative estimate of drug-likeness (QED) is 0.268. The van der Waals surface area contributed by atoms with Gasteiger partial charge in [-0.05, 0) is 0 Å². The van der Waals surface area contributed by atoms with Gasteiger partial charge in [-0.2, -0.15) is 4.98 Å². The minimum absolute atomic E-state index is 0.129. The smallest absolute Gasteiger partial charge is 0.282 e. The summed E-state index contributed by atoms with van der Waals surface area (Å²) < 4.78 is 51.1. The summed E-state index contributed by atoms with van der Waals surface area (Å²) in [6.07, 6.45) is -5.59. The third kappa shape index (κ3) is 5.75. The van der Waals surface area contributed by atoms with Gasteiger partial charge in [0.25, 0.3) is 21.2 Å². The second-order valence-corrected chi connectivity index (χ2v) is 10.8. The number of ether oxygens (including phenoxy) is 1. The first-order valence-corrected chi connectivity index (χ1v) is 12.8. The zero-order valence-electron chi connectivity index (χ0n) is 16.1. The van der Waals surface area contributed by atoms with E-state index in [0.29, 0.717) is 0 Å². The van der Waals surface area contributed by atoms with Crippen molar-refractivity contribution in [2.75, 3.05) is 12.3 Å². The van der Waals surface area contributed by atoms with E-state index in [9.17, 15) is 48.3 Å². The maximum Gasteiger partial charge on any atom is 0.282 e. The number of hydrogen-bond acceptors (Lipinski definition) is 17. The lowest BCUT2D eigenvalue weighted by Crippen LogP contribution is -2.34. The largest absolute Gasteiger partial charge is 0.790 e. The van der Waals surface area contributed by atoms with Crippen LogP contribution in [0.15, 0.2) is 11.1 Å². The summed E-state index contributed by atoms with van der Waals surface area (Å²) in [7, 11) is -16.8. The number of imidazole rings is 1. The van der Waals surface area contributed by atoms with Gasteiger partial charge in [-0.25, -0.2) is 9.29 Å². The van der Waals surface area contributed by atoms with Crippen molar-refractivity contribution in [2.45, 2.75) is 24.5 Å². The molecule has 4 N–H and O–H groups in total. The summed E-state index contributed by atoms with van der Waals surface area (Å²) in [5.41, 5.74) is 4.72. The van der Waals surface area contributed by atoms with Crippen LogP contribution in [0.25, 0.3) is 11.2 Å². The van der Waals surface area contributed by atoms with Gasteiger partial charge in [0.05, 0.1) is 20.8 Å². The Bertz CT molecular complexity index is 1260. The minimum Gasteiger partial charge on any atom is -0.790 e. The van der Waals surface area contributed by atoms with Crippen LogP contribution in [-0.4, -0.2) is 54.2 Å². The third-order valence-corrected chi connectivity index (χ3v) is 7.91. The molecule has 22 heteroatoms. The maximum atomic E-state index is 12.2. The van der Waals surface area contributed by atoms with Crippen LogP contribution in [-0.2, 0) is 38.6 Å². The molecule has 0 aliphatic carbocycles. The van der Waals surface area contributed by atoms with Gasteiger partial charge in [-0.1, -0.05) is 0 Å². The lowest BCUT2D eigenvalue weighted by Gasteiger charge is -2.37. The number of aliphatic hydroxyl groups is 2. The molecule has 33 heavy (non-hydrogen) atoms. The Balaban J connectivity index is 1.75. The van der Waals surface area contributed by atoms with Crippen LogP contribution in [0.2, 0.25) is 0 Å². The Labute approximate surface area is 182 Å². The molecule has 3 heterocycles. The van der Waals surface area contributed by atoms with Gasteiger partial charge in [0.1, 0.15) is 18.3 Å². The van der Waals surface area contributed by atoms with E-state index in [0.717, 1.165) is 15.5 Å². The number of aliphatic hydroxyl groups excluding tert-OH is 2. The maximum absolute atomic E-state index is 12.2. The van der Waals surface area contributed by atoms with Gasteiger partial charge in [0.15, 0.2) is 17.4 Å². The van der Waals surface area contributed by atoms with Crippen molar-refractivity contribution in [2.24, 2.45) is 7.05 Å². The fourth-order valence-electron chi connectivity index (χ4n) is 2.79. The number of aromatic nitrogens is 4. The predicted octanol–water partition coefficient (Wildman–Crippen LogP) is -4.85. The standard InChI is InChI=1S/C11H18N5O14P3/c1-15-9(19)5-8(14-11(15)12)16(3-13-5)10-7(18)6(17)4(28-10)2-27-32(23,24)30-33(25,26)29-31(20,21)22/h3-4,6-7,10,17-18H,2H2,1H3,(H2,12,14)(H,23,24)(H,25,26)(H2,20,21,22)/p-4. The van der Waals surface area contributed by atoms with Crippen LogP contribution in [0.1, 0.15) is 6.23 Å². The van der Waals surface area contributed by atoms with Crippen molar-refractivity contribution in [1.82, 2.24) is 19.1 Å². The molecule has 1 aliphatic rings. The highest BCUT2D eigenvalue weighted by molar-refractivity contribution is 7.64. The van der Waals surface area contributed by atoms with Crippen molar-refractivity contribution < 1.29 is 61.4 Å². The molecular weight excluding hydrogens is 519 g/mol. The number of rotatable bonds is 8. The zero-order chi connectivity index (χ0) is 24.9. The number of hydrogen-bond donors (Lipinski definition) is 3. The van der Waals surface area contributed by atoms with Crippen LogP contribution in [0.3, 0.4) is 0 Å². The number of phosphoric ester groups is 1. The molecule has 0 aromatic carbocycles. The first-order valence-electron chi connectivity index (χ1n) is 8.43. The Morgan fingerprint density at radius 3 is 2.39 bits per heavy atom. The summed E-state index contributed by atoms with van der Waals surface area (Å²) in [6.45, 7) is -1.13. The van der Waals surface area contributed by atoms with Crippen LogP contribution in [0.5, 0.6) is 0 Å². The van der Waals surface area contributed by atoms with Gasteiger partial charge >= 0.3 is 0 Å². The van der Waals surface area contributed by atoms with Gasteiger partial charge in [-0.3, -0.25) is 27.4 Å². The molecule has 0 spiro atoms. The Kier molecular flexibility index (Phi) is 7.03. The highest BCUT2D eigenvalue weighted by Gasteiger charge is 2.45. The Morgan fingerprint density at radius 1 is 1.15 bits per heavy atom. The molecule has 1 saturated heterocycles. The second kappa shape index (κ2) is 8.90. The van der Waals surface area contributed by atoms with Crippen molar-refractivity contribution >= 4 is 40.6 Å². The van der Waals surface area contributed by atoms with Crippen molar-refractivity contribution in [3.63, 3.8) is 0 Å². The highest BCUT2D eigenvalue weighted by atomic mass is 31.3. The number of nitrogens with two attached hydrogens (primary N) is 1. The molecule has 186 valence electrons. The lowest BCUT2D eigenvalue weighted by molar-refractivity contribution is -0.339. The fraction of sp³-hybridized carbons (Fsp3) is 0.545. The topological polar surface area (TPSA) is 300 Å². The summed E-state index contributed by atoms with van der Waals surface area (Å²) >= 11 is 0. The van der Waals surface area contributed by atoms with Crippen molar-refractivity contribution in [3.8, 4) is 0 Å². The number of phosphoric acid groups is 3. The van der Waals surface area contributed by atoms with E-state index in [1.165, 1.54) is 7.05 Å². The number of fused-ring (bicyclic) bond motifs is 1. The van der Waals surface area contributed by atoms with Crippen molar-refractivity contribution in [3.05, 3.63) is 16.7 Å². The predicted molar refractivity (Wildman–Crippen MR) is 94.0 cm³/mol. The minimum atomic E-state index is -6.17. The number of nitrogens with zero attached hydrogens (tertiary/aromatic N) is 4. The van der Waals surface area contributed by atoms with Crippen LogP contribution in [0, 0.1) is 0 Å². The van der Waals surface area contributed by atoms with Gasteiger partial charge in [-0.15, -0.1) is 0 Å². The molecule has 2 aromatic heterocycles.